The van der Waals surface area contributed by atoms with E-state index in [2.05, 4.69) is 6.07 Å². The van der Waals surface area contributed by atoms with Gasteiger partial charge in [0, 0.05) is 6.54 Å². The summed E-state index contributed by atoms with van der Waals surface area (Å²) in [6, 6.07) is 6.07. The van der Waals surface area contributed by atoms with Crippen LogP contribution in [0.15, 0.2) is 18.2 Å². The van der Waals surface area contributed by atoms with Crippen LogP contribution in [-0.2, 0) is 16.8 Å². The quantitative estimate of drug-likeness (QED) is 0.825. The zero-order chi connectivity index (χ0) is 13.0. The molecule has 0 heterocycles. The van der Waals surface area contributed by atoms with Gasteiger partial charge in [0.2, 0.25) is 0 Å². The third-order valence-corrected chi connectivity index (χ3v) is 3.63. The number of rotatable bonds is 5. The average Bonchev–Trinajstić information content (AvgIpc) is 2.44. The number of nitrogens with two attached hydrogens (primary N) is 1. The number of fused-ring (bicyclic) bond motifs is 1. The zero-order valence-corrected chi connectivity index (χ0v) is 10.8. The van der Waals surface area contributed by atoms with Crippen molar-refractivity contribution in [3.63, 3.8) is 0 Å². The highest BCUT2D eigenvalue weighted by Crippen LogP contribution is 2.39. The summed E-state index contributed by atoms with van der Waals surface area (Å²) in [5.74, 6) is 0.820. The Balaban J connectivity index is 2.39. The summed E-state index contributed by atoms with van der Waals surface area (Å²) in [6.07, 6.45) is 3.00. The highest BCUT2D eigenvalue weighted by molar-refractivity contribution is 5.41. The summed E-state index contributed by atoms with van der Waals surface area (Å²) < 4.78 is 11.1. The van der Waals surface area contributed by atoms with Crippen molar-refractivity contribution in [2.45, 2.75) is 24.9 Å². The number of hydrogen-bond acceptors (Lipinski definition) is 4. The van der Waals surface area contributed by atoms with Gasteiger partial charge in [0.25, 0.3) is 0 Å². The van der Waals surface area contributed by atoms with E-state index in [1.165, 1.54) is 5.56 Å². The van der Waals surface area contributed by atoms with Crippen molar-refractivity contribution in [1.29, 1.82) is 0 Å². The number of aliphatic hydroxyl groups excluding tert-OH is 1. The second kappa shape index (κ2) is 5.69. The van der Waals surface area contributed by atoms with Gasteiger partial charge in [-0.15, -0.1) is 0 Å². The fraction of sp³-hybridized carbons (Fsp3) is 0.571. The molecule has 0 spiro atoms. The van der Waals surface area contributed by atoms with Gasteiger partial charge in [-0.1, -0.05) is 6.07 Å². The van der Waals surface area contributed by atoms with Crippen molar-refractivity contribution in [3.05, 3.63) is 29.3 Å². The number of ether oxygens (including phenoxy) is 2. The Kier molecular flexibility index (Phi) is 4.22. The topological polar surface area (TPSA) is 64.7 Å². The van der Waals surface area contributed by atoms with E-state index in [1.807, 2.05) is 12.1 Å². The Hall–Kier alpha value is -1.10. The van der Waals surface area contributed by atoms with Crippen LogP contribution in [0.25, 0.3) is 0 Å². The molecule has 0 fully saturated rings. The minimum Gasteiger partial charge on any atom is -0.497 e. The van der Waals surface area contributed by atoms with Gasteiger partial charge in [-0.05, 0) is 42.5 Å². The maximum absolute atomic E-state index is 8.97. The first kappa shape index (κ1) is 13.3. The third-order valence-electron chi connectivity index (χ3n) is 3.63. The van der Waals surface area contributed by atoms with E-state index in [-0.39, 0.29) is 6.61 Å². The molecule has 0 bridgehead atoms. The largest absolute Gasteiger partial charge is 0.497 e. The van der Waals surface area contributed by atoms with E-state index < -0.39 is 5.60 Å². The Morgan fingerprint density at radius 1 is 1.44 bits per heavy atom. The number of benzene rings is 1. The molecule has 0 saturated carbocycles. The van der Waals surface area contributed by atoms with Gasteiger partial charge >= 0.3 is 0 Å². The average molecular weight is 251 g/mol. The molecular formula is C14H21NO3. The van der Waals surface area contributed by atoms with Crippen molar-refractivity contribution < 1.29 is 14.6 Å². The van der Waals surface area contributed by atoms with Crippen LogP contribution >= 0.6 is 0 Å². The molecule has 1 atom stereocenters. The minimum atomic E-state index is -0.467. The van der Waals surface area contributed by atoms with E-state index in [4.69, 9.17) is 20.3 Å². The van der Waals surface area contributed by atoms with Gasteiger partial charge in [0.05, 0.1) is 20.3 Å². The molecule has 1 aliphatic carbocycles. The van der Waals surface area contributed by atoms with Crippen molar-refractivity contribution in [2.75, 3.05) is 26.9 Å². The van der Waals surface area contributed by atoms with E-state index in [1.54, 1.807) is 7.11 Å². The molecule has 4 nitrogen and oxygen atoms in total. The monoisotopic (exact) mass is 251 g/mol. The molecule has 1 aromatic carbocycles. The highest BCUT2D eigenvalue weighted by Gasteiger charge is 2.36. The van der Waals surface area contributed by atoms with Crippen LogP contribution in [-0.4, -0.2) is 32.0 Å². The summed E-state index contributed by atoms with van der Waals surface area (Å²) in [4.78, 5) is 0. The van der Waals surface area contributed by atoms with Crippen LogP contribution < -0.4 is 10.5 Å². The Bertz CT molecular complexity index is 408. The first-order valence-corrected chi connectivity index (χ1v) is 6.38. The minimum absolute atomic E-state index is 0.0149. The van der Waals surface area contributed by atoms with Crippen molar-refractivity contribution in [3.8, 4) is 5.75 Å². The fourth-order valence-electron chi connectivity index (χ4n) is 2.69. The lowest BCUT2D eigenvalue weighted by atomic mass is 9.79. The molecule has 4 heteroatoms. The van der Waals surface area contributed by atoms with Crippen molar-refractivity contribution >= 4 is 0 Å². The van der Waals surface area contributed by atoms with Gasteiger partial charge in [-0.2, -0.15) is 0 Å². The molecule has 100 valence electrons. The van der Waals surface area contributed by atoms with E-state index in [0.29, 0.717) is 13.2 Å². The first-order valence-electron chi connectivity index (χ1n) is 6.38. The molecule has 3 N–H and O–H groups in total. The molecule has 2 rings (SSSR count). The van der Waals surface area contributed by atoms with Crippen molar-refractivity contribution in [2.24, 2.45) is 5.73 Å². The van der Waals surface area contributed by atoms with Gasteiger partial charge in [0.15, 0.2) is 0 Å². The van der Waals surface area contributed by atoms with Gasteiger partial charge in [0.1, 0.15) is 11.4 Å². The predicted molar refractivity (Wildman–Crippen MR) is 69.7 cm³/mol. The molecular weight excluding hydrogens is 230 g/mol. The van der Waals surface area contributed by atoms with Crippen LogP contribution in [0, 0.1) is 0 Å². The van der Waals surface area contributed by atoms with E-state index in [0.717, 1.165) is 30.6 Å². The number of hydrogen-bond donors (Lipinski definition) is 2. The highest BCUT2D eigenvalue weighted by atomic mass is 16.5. The molecule has 1 aromatic rings. The molecule has 0 amide bonds. The molecule has 1 unspecified atom stereocenters. The van der Waals surface area contributed by atoms with Crippen LogP contribution in [0.4, 0.5) is 0 Å². The zero-order valence-electron chi connectivity index (χ0n) is 10.8. The molecule has 0 aromatic heterocycles. The van der Waals surface area contributed by atoms with Crippen LogP contribution in [0.3, 0.4) is 0 Å². The summed E-state index contributed by atoms with van der Waals surface area (Å²) in [5, 5.41) is 8.97. The lowest BCUT2D eigenvalue weighted by molar-refractivity contribution is -0.0677. The van der Waals surface area contributed by atoms with Crippen molar-refractivity contribution in [1.82, 2.24) is 0 Å². The normalized spacial score (nSPS) is 22.6. The second-order valence-electron chi connectivity index (χ2n) is 4.65. The predicted octanol–water partition coefficient (Wildman–Crippen LogP) is 1.19. The number of methoxy groups -OCH3 is 1. The Labute approximate surface area is 108 Å². The van der Waals surface area contributed by atoms with E-state index in [9.17, 15) is 0 Å². The molecule has 0 radical (unpaired) electrons. The summed E-state index contributed by atoms with van der Waals surface area (Å²) in [6.45, 7) is 0.752. The summed E-state index contributed by atoms with van der Waals surface area (Å²) in [7, 11) is 1.66. The van der Waals surface area contributed by atoms with Gasteiger partial charge in [-0.3, -0.25) is 0 Å². The molecule has 18 heavy (non-hydrogen) atoms. The molecule has 0 saturated heterocycles. The molecule has 0 aliphatic heterocycles. The lowest BCUT2D eigenvalue weighted by Crippen LogP contribution is -2.41. The number of aliphatic hydroxyl groups is 1. The maximum atomic E-state index is 8.97. The number of aryl methyl sites for hydroxylation is 1. The summed E-state index contributed by atoms with van der Waals surface area (Å²) >= 11 is 0. The Morgan fingerprint density at radius 3 is 2.94 bits per heavy atom. The standard InChI is InChI=1S/C14H21NO3/c1-17-12-5-4-11-3-2-6-14(10-15,13(11)9-12)18-8-7-16/h4-5,9,16H,2-3,6-8,10,15H2,1H3. The Morgan fingerprint density at radius 2 is 2.28 bits per heavy atom. The molecule has 1 aliphatic rings. The van der Waals surface area contributed by atoms with Crippen LogP contribution in [0.5, 0.6) is 5.75 Å². The van der Waals surface area contributed by atoms with Gasteiger partial charge in [-0.25, -0.2) is 0 Å². The lowest BCUT2D eigenvalue weighted by Gasteiger charge is -2.38. The smallest absolute Gasteiger partial charge is 0.119 e. The first-order chi connectivity index (χ1) is 8.75. The maximum Gasteiger partial charge on any atom is 0.119 e. The second-order valence-corrected chi connectivity index (χ2v) is 4.65. The van der Waals surface area contributed by atoms with E-state index >= 15 is 0 Å². The SMILES string of the molecule is COc1ccc2c(c1)C(CN)(OCCO)CCC2. The third kappa shape index (κ3) is 2.36. The fourth-order valence-corrected chi connectivity index (χ4v) is 2.69. The van der Waals surface area contributed by atoms with Crippen LogP contribution in [0.1, 0.15) is 24.0 Å². The van der Waals surface area contributed by atoms with Crippen LogP contribution in [0.2, 0.25) is 0 Å². The summed E-state index contributed by atoms with van der Waals surface area (Å²) in [5.41, 5.74) is 7.85. The van der Waals surface area contributed by atoms with Gasteiger partial charge < -0.3 is 20.3 Å².